The fourth-order valence-corrected chi connectivity index (χ4v) is 3.03. The molecule has 0 unspecified atom stereocenters. The molecule has 3 nitrogen and oxygen atoms in total. The van der Waals surface area contributed by atoms with E-state index in [0.717, 1.165) is 29.1 Å². The van der Waals surface area contributed by atoms with Crippen molar-refractivity contribution in [2.24, 2.45) is 5.92 Å². The summed E-state index contributed by atoms with van der Waals surface area (Å²) in [5.41, 5.74) is 0.990. The zero-order chi connectivity index (χ0) is 14.5. The van der Waals surface area contributed by atoms with Gasteiger partial charge in [0.1, 0.15) is 12.4 Å². The lowest BCUT2D eigenvalue weighted by Crippen LogP contribution is -2.35. The van der Waals surface area contributed by atoms with Gasteiger partial charge in [-0.3, -0.25) is 4.98 Å². The molecule has 1 heterocycles. The maximum atomic E-state index is 5.82. The molecular weight excluding hydrogens is 260 g/mol. The van der Waals surface area contributed by atoms with Crippen molar-refractivity contribution in [2.45, 2.75) is 38.6 Å². The highest BCUT2D eigenvalue weighted by molar-refractivity contribution is 5.79. The topological polar surface area (TPSA) is 34.1 Å². The Morgan fingerprint density at radius 1 is 1.19 bits per heavy atom. The van der Waals surface area contributed by atoms with Crippen molar-refractivity contribution in [3.63, 3.8) is 0 Å². The highest BCUT2D eigenvalue weighted by Crippen LogP contribution is 2.23. The molecule has 0 aliphatic heterocycles. The maximum absolute atomic E-state index is 5.82. The summed E-state index contributed by atoms with van der Waals surface area (Å²) in [6, 6.07) is 10.8. The minimum Gasteiger partial charge on any atom is -0.492 e. The van der Waals surface area contributed by atoms with Crippen LogP contribution in [0, 0.1) is 5.92 Å². The van der Waals surface area contributed by atoms with Crippen LogP contribution in [0.25, 0.3) is 10.9 Å². The third-order valence-electron chi connectivity index (χ3n) is 4.40. The number of nitrogens with zero attached hydrogens (tertiary/aromatic N) is 1. The fourth-order valence-electron chi connectivity index (χ4n) is 3.03. The second kappa shape index (κ2) is 6.90. The van der Waals surface area contributed by atoms with Crippen LogP contribution < -0.4 is 10.1 Å². The van der Waals surface area contributed by atoms with E-state index in [-0.39, 0.29) is 0 Å². The van der Waals surface area contributed by atoms with E-state index in [1.165, 1.54) is 25.7 Å². The highest BCUT2D eigenvalue weighted by Gasteiger charge is 2.17. The molecule has 21 heavy (non-hydrogen) atoms. The molecule has 2 aromatic rings. The van der Waals surface area contributed by atoms with Crippen molar-refractivity contribution in [1.29, 1.82) is 0 Å². The summed E-state index contributed by atoms with van der Waals surface area (Å²) in [4.78, 5) is 4.35. The molecule has 1 aliphatic carbocycles. The largest absolute Gasteiger partial charge is 0.492 e. The summed E-state index contributed by atoms with van der Waals surface area (Å²) < 4.78 is 5.82. The van der Waals surface area contributed by atoms with Crippen molar-refractivity contribution in [3.05, 3.63) is 36.5 Å². The molecule has 0 spiro atoms. The van der Waals surface area contributed by atoms with Crippen molar-refractivity contribution in [1.82, 2.24) is 10.3 Å². The number of aromatic nitrogens is 1. The third-order valence-corrected chi connectivity index (χ3v) is 4.40. The van der Waals surface area contributed by atoms with Crippen LogP contribution in [0.1, 0.15) is 32.6 Å². The lowest BCUT2D eigenvalue weighted by atomic mass is 9.87. The molecule has 0 atom stereocenters. The molecule has 1 saturated carbocycles. The number of nitrogens with one attached hydrogen (secondary N) is 1. The van der Waals surface area contributed by atoms with Crippen molar-refractivity contribution in [3.8, 4) is 5.75 Å². The molecule has 3 heteroatoms. The summed E-state index contributed by atoms with van der Waals surface area (Å²) in [6.07, 6.45) is 7.14. The van der Waals surface area contributed by atoms with Crippen LogP contribution in [0.3, 0.4) is 0 Å². The first-order valence-electron chi connectivity index (χ1n) is 8.02. The second-order valence-corrected chi connectivity index (χ2v) is 6.12. The second-order valence-electron chi connectivity index (χ2n) is 6.12. The van der Waals surface area contributed by atoms with E-state index in [1.807, 2.05) is 24.4 Å². The van der Waals surface area contributed by atoms with Gasteiger partial charge in [0.2, 0.25) is 0 Å². The van der Waals surface area contributed by atoms with Crippen molar-refractivity contribution >= 4 is 10.9 Å². The molecule has 1 N–H and O–H groups in total. The summed E-state index contributed by atoms with van der Waals surface area (Å²) in [5.74, 6) is 1.81. The van der Waals surface area contributed by atoms with Gasteiger partial charge in [0, 0.05) is 30.2 Å². The number of fused-ring (bicyclic) bond motifs is 1. The summed E-state index contributed by atoms with van der Waals surface area (Å²) in [7, 11) is 0. The number of pyridine rings is 1. The first-order chi connectivity index (χ1) is 10.3. The van der Waals surface area contributed by atoms with Gasteiger partial charge in [-0.05, 0) is 49.8 Å². The number of rotatable bonds is 5. The quantitative estimate of drug-likeness (QED) is 0.848. The van der Waals surface area contributed by atoms with Gasteiger partial charge >= 0.3 is 0 Å². The minimum atomic E-state index is 0.683. The Hall–Kier alpha value is -1.61. The van der Waals surface area contributed by atoms with Gasteiger partial charge in [-0.15, -0.1) is 0 Å². The molecular formula is C18H24N2O. The van der Waals surface area contributed by atoms with E-state index in [1.54, 1.807) is 0 Å². The Labute approximate surface area is 126 Å². The van der Waals surface area contributed by atoms with Gasteiger partial charge in [0.05, 0.1) is 5.52 Å². The highest BCUT2D eigenvalue weighted by atomic mass is 16.5. The molecule has 0 bridgehead atoms. The molecule has 0 saturated heterocycles. The van der Waals surface area contributed by atoms with Crippen molar-refractivity contribution in [2.75, 3.05) is 13.2 Å². The van der Waals surface area contributed by atoms with Crippen LogP contribution in [0.15, 0.2) is 36.5 Å². The Morgan fingerprint density at radius 2 is 2.05 bits per heavy atom. The van der Waals surface area contributed by atoms with Gasteiger partial charge in [0.15, 0.2) is 0 Å². The lowest BCUT2D eigenvalue weighted by molar-refractivity contribution is 0.270. The maximum Gasteiger partial charge on any atom is 0.121 e. The standard InChI is InChI=1S/C18H24N2O/c1-14-4-7-16(8-5-14)19-11-12-21-17-9-6-15-3-2-10-20-18(15)13-17/h2-3,6,9-10,13-14,16,19H,4-5,7-8,11-12H2,1H3. The van der Waals surface area contributed by atoms with Crippen LogP contribution in [-0.4, -0.2) is 24.2 Å². The fraction of sp³-hybridized carbons (Fsp3) is 0.500. The average Bonchev–Trinajstić information content (AvgIpc) is 2.53. The normalized spacial score (nSPS) is 22.3. The average molecular weight is 284 g/mol. The zero-order valence-corrected chi connectivity index (χ0v) is 12.7. The number of ether oxygens (including phenoxy) is 1. The van der Waals surface area contributed by atoms with Gasteiger partial charge in [0.25, 0.3) is 0 Å². The van der Waals surface area contributed by atoms with Crippen LogP contribution in [-0.2, 0) is 0 Å². The Morgan fingerprint density at radius 3 is 2.90 bits per heavy atom. The molecule has 0 radical (unpaired) electrons. The Bertz CT molecular complexity index is 576. The molecule has 112 valence electrons. The summed E-state index contributed by atoms with van der Waals surface area (Å²) in [5, 5.41) is 4.76. The first-order valence-corrected chi connectivity index (χ1v) is 8.02. The number of benzene rings is 1. The van der Waals surface area contributed by atoms with E-state index in [0.29, 0.717) is 12.6 Å². The Kier molecular flexibility index (Phi) is 4.71. The number of hydrogen-bond donors (Lipinski definition) is 1. The van der Waals surface area contributed by atoms with E-state index >= 15 is 0 Å². The SMILES string of the molecule is CC1CCC(NCCOc2ccc3cccnc3c2)CC1. The predicted octanol–water partition coefficient (Wildman–Crippen LogP) is 3.78. The molecule has 1 aliphatic rings. The van der Waals surface area contributed by atoms with Crippen LogP contribution >= 0.6 is 0 Å². The van der Waals surface area contributed by atoms with Gasteiger partial charge in [-0.2, -0.15) is 0 Å². The third kappa shape index (κ3) is 3.94. The summed E-state index contributed by atoms with van der Waals surface area (Å²) >= 11 is 0. The van der Waals surface area contributed by atoms with Crippen LogP contribution in [0.5, 0.6) is 5.75 Å². The van der Waals surface area contributed by atoms with E-state index in [2.05, 4.69) is 29.4 Å². The Balaban J connectivity index is 1.44. The molecule has 1 aromatic heterocycles. The van der Waals surface area contributed by atoms with Crippen molar-refractivity contribution < 1.29 is 4.74 Å². The zero-order valence-electron chi connectivity index (χ0n) is 12.7. The van der Waals surface area contributed by atoms with Gasteiger partial charge in [-0.1, -0.05) is 13.0 Å². The molecule has 0 amide bonds. The number of hydrogen-bond acceptors (Lipinski definition) is 3. The summed E-state index contributed by atoms with van der Waals surface area (Å²) in [6.45, 7) is 3.98. The van der Waals surface area contributed by atoms with E-state index < -0.39 is 0 Å². The first kappa shape index (κ1) is 14.3. The molecule has 1 aromatic carbocycles. The molecule has 1 fully saturated rings. The minimum absolute atomic E-state index is 0.683. The van der Waals surface area contributed by atoms with E-state index in [9.17, 15) is 0 Å². The monoisotopic (exact) mass is 284 g/mol. The lowest BCUT2D eigenvalue weighted by Gasteiger charge is -2.27. The van der Waals surface area contributed by atoms with Gasteiger partial charge < -0.3 is 10.1 Å². The van der Waals surface area contributed by atoms with Gasteiger partial charge in [-0.25, -0.2) is 0 Å². The smallest absolute Gasteiger partial charge is 0.121 e. The predicted molar refractivity (Wildman–Crippen MR) is 86.7 cm³/mol. The van der Waals surface area contributed by atoms with Crippen LogP contribution in [0.4, 0.5) is 0 Å². The van der Waals surface area contributed by atoms with E-state index in [4.69, 9.17) is 4.74 Å². The van der Waals surface area contributed by atoms with Crippen LogP contribution in [0.2, 0.25) is 0 Å². The molecule has 3 rings (SSSR count).